The Balaban J connectivity index is 1.94. The zero-order valence-corrected chi connectivity index (χ0v) is 11.2. The van der Waals surface area contributed by atoms with Crippen LogP contribution < -0.4 is 0 Å². The van der Waals surface area contributed by atoms with Crippen LogP contribution >= 0.6 is 0 Å². The summed E-state index contributed by atoms with van der Waals surface area (Å²) < 4.78 is 0. The van der Waals surface area contributed by atoms with Gasteiger partial charge in [-0.15, -0.1) is 0 Å². The number of rotatable bonds is 0. The molecular weight excluding hydrogens is 196 g/mol. The highest BCUT2D eigenvalue weighted by Crippen LogP contribution is 2.71. The fourth-order valence-electron chi connectivity index (χ4n) is 5.29. The molecule has 0 unspecified atom stereocenters. The van der Waals surface area contributed by atoms with E-state index in [0.717, 1.165) is 30.1 Å². The Morgan fingerprint density at radius 3 is 2.38 bits per heavy atom. The van der Waals surface area contributed by atoms with Crippen molar-refractivity contribution in [3.63, 3.8) is 0 Å². The lowest BCUT2D eigenvalue weighted by atomic mass is 9.74. The van der Waals surface area contributed by atoms with E-state index in [1.165, 1.54) is 19.3 Å². The van der Waals surface area contributed by atoms with Gasteiger partial charge in [-0.2, -0.15) is 0 Å². The lowest BCUT2D eigenvalue weighted by molar-refractivity contribution is -0.0302. The molecule has 0 saturated heterocycles. The third-order valence-electron chi connectivity index (χ3n) is 6.37. The van der Waals surface area contributed by atoms with E-state index < -0.39 is 0 Å². The van der Waals surface area contributed by atoms with Crippen LogP contribution in [0.4, 0.5) is 0 Å². The molecule has 92 valence electrons. The number of aliphatic hydroxyl groups is 1. The standard InChI is InChI=1S/C15H26O/c1-9-5-6-10-12(9)13-11(14(13,2)3)7-8-15(10,4)16/h9-13,16H,5-8H2,1-4H3/t9-,10-,11-,12-,13+,15-/m1/s1. The number of hydrogen-bond acceptors (Lipinski definition) is 1. The van der Waals surface area contributed by atoms with Crippen molar-refractivity contribution < 1.29 is 5.11 Å². The van der Waals surface area contributed by atoms with Crippen LogP contribution in [-0.4, -0.2) is 10.7 Å². The summed E-state index contributed by atoms with van der Waals surface area (Å²) in [5.74, 6) is 4.03. The van der Waals surface area contributed by atoms with Crippen LogP contribution in [0.15, 0.2) is 0 Å². The fourth-order valence-corrected chi connectivity index (χ4v) is 5.29. The molecule has 0 aromatic rings. The smallest absolute Gasteiger partial charge is 0.0650 e. The van der Waals surface area contributed by atoms with Crippen molar-refractivity contribution in [2.75, 3.05) is 0 Å². The molecule has 0 spiro atoms. The van der Waals surface area contributed by atoms with Gasteiger partial charge in [0, 0.05) is 0 Å². The number of hydrogen-bond donors (Lipinski definition) is 1. The molecule has 3 saturated carbocycles. The zero-order chi connectivity index (χ0) is 11.7. The highest BCUT2D eigenvalue weighted by molar-refractivity contribution is 5.14. The second-order valence-electron chi connectivity index (χ2n) is 7.59. The summed E-state index contributed by atoms with van der Waals surface area (Å²) in [5.41, 5.74) is 0.191. The Morgan fingerprint density at radius 2 is 1.69 bits per heavy atom. The van der Waals surface area contributed by atoms with Crippen molar-refractivity contribution in [1.29, 1.82) is 0 Å². The molecule has 3 rings (SSSR count). The quantitative estimate of drug-likeness (QED) is 0.665. The van der Waals surface area contributed by atoms with Gasteiger partial charge in [0.05, 0.1) is 5.60 Å². The lowest BCUT2D eigenvalue weighted by Gasteiger charge is -2.35. The van der Waals surface area contributed by atoms with Gasteiger partial charge >= 0.3 is 0 Å². The Labute approximate surface area is 99.6 Å². The molecule has 3 fully saturated rings. The molecule has 6 atom stereocenters. The van der Waals surface area contributed by atoms with Gasteiger partial charge in [-0.05, 0) is 61.2 Å². The predicted molar refractivity (Wildman–Crippen MR) is 66.0 cm³/mol. The Morgan fingerprint density at radius 1 is 1.00 bits per heavy atom. The maximum absolute atomic E-state index is 10.7. The van der Waals surface area contributed by atoms with Gasteiger partial charge in [-0.3, -0.25) is 0 Å². The van der Waals surface area contributed by atoms with E-state index in [1.807, 2.05) is 0 Å². The minimum atomic E-state index is -0.376. The second kappa shape index (κ2) is 3.04. The van der Waals surface area contributed by atoms with Crippen molar-refractivity contribution in [3.8, 4) is 0 Å². The molecule has 0 amide bonds. The molecule has 0 aromatic heterocycles. The molecule has 1 heteroatoms. The van der Waals surface area contributed by atoms with Crippen molar-refractivity contribution >= 4 is 0 Å². The molecule has 0 aromatic carbocycles. The van der Waals surface area contributed by atoms with Gasteiger partial charge in [0.25, 0.3) is 0 Å². The van der Waals surface area contributed by atoms with Crippen molar-refractivity contribution in [2.24, 2.45) is 35.0 Å². The highest BCUT2D eigenvalue weighted by Gasteiger charge is 2.66. The van der Waals surface area contributed by atoms with E-state index in [1.54, 1.807) is 0 Å². The van der Waals surface area contributed by atoms with E-state index in [2.05, 4.69) is 27.7 Å². The molecule has 1 N–H and O–H groups in total. The van der Waals surface area contributed by atoms with Crippen LogP contribution in [0.5, 0.6) is 0 Å². The monoisotopic (exact) mass is 222 g/mol. The van der Waals surface area contributed by atoms with E-state index in [9.17, 15) is 5.11 Å². The first-order valence-corrected chi connectivity index (χ1v) is 7.08. The van der Waals surface area contributed by atoms with E-state index >= 15 is 0 Å². The van der Waals surface area contributed by atoms with E-state index in [-0.39, 0.29) is 5.60 Å². The molecule has 0 bridgehead atoms. The van der Waals surface area contributed by atoms with E-state index in [4.69, 9.17) is 0 Å². The largest absolute Gasteiger partial charge is 0.390 e. The van der Waals surface area contributed by atoms with Gasteiger partial charge in [-0.25, -0.2) is 0 Å². The first kappa shape index (κ1) is 11.1. The number of fused-ring (bicyclic) bond motifs is 3. The SMILES string of the molecule is C[C@@H]1CC[C@@H]2[C@@H]1[C@@H]1[C@@H](CC[C@@]2(C)O)C1(C)C. The topological polar surface area (TPSA) is 20.2 Å². The second-order valence-corrected chi connectivity index (χ2v) is 7.59. The summed E-state index contributed by atoms with van der Waals surface area (Å²) in [6.45, 7) is 9.41. The van der Waals surface area contributed by atoms with Gasteiger partial charge in [0.1, 0.15) is 0 Å². The predicted octanol–water partition coefficient (Wildman–Crippen LogP) is 3.47. The average molecular weight is 222 g/mol. The zero-order valence-electron chi connectivity index (χ0n) is 11.2. The van der Waals surface area contributed by atoms with Crippen LogP contribution in [0, 0.1) is 35.0 Å². The molecule has 3 aliphatic carbocycles. The van der Waals surface area contributed by atoms with E-state index in [0.29, 0.717) is 11.3 Å². The third-order valence-corrected chi connectivity index (χ3v) is 6.37. The molecular formula is C15H26O. The minimum absolute atomic E-state index is 0.376. The summed E-state index contributed by atoms with van der Waals surface area (Å²) in [7, 11) is 0. The highest BCUT2D eigenvalue weighted by atomic mass is 16.3. The van der Waals surface area contributed by atoms with Gasteiger partial charge in [-0.1, -0.05) is 27.2 Å². The lowest BCUT2D eigenvalue weighted by Crippen LogP contribution is -2.38. The van der Waals surface area contributed by atoms with Crippen molar-refractivity contribution in [3.05, 3.63) is 0 Å². The Bertz CT molecular complexity index is 305. The fraction of sp³-hybridized carbons (Fsp3) is 1.00. The summed E-state index contributed by atoms with van der Waals surface area (Å²) >= 11 is 0. The molecule has 0 aliphatic heterocycles. The summed E-state index contributed by atoms with van der Waals surface area (Å²) in [6.07, 6.45) is 4.89. The van der Waals surface area contributed by atoms with Crippen molar-refractivity contribution in [1.82, 2.24) is 0 Å². The molecule has 0 heterocycles. The van der Waals surface area contributed by atoms with Gasteiger partial charge in [0.15, 0.2) is 0 Å². The maximum Gasteiger partial charge on any atom is 0.0650 e. The minimum Gasteiger partial charge on any atom is -0.390 e. The average Bonchev–Trinajstić information content (AvgIpc) is 2.51. The summed E-state index contributed by atoms with van der Waals surface area (Å²) in [6, 6.07) is 0. The Kier molecular flexibility index (Phi) is 2.11. The first-order chi connectivity index (χ1) is 7.36. The first-order valence-electron chi connectivity index (χ1n) is 7.08. The third kappa shape index (κ3) is 1.27. The van der Waals surface area contributed by atoms with Crippen LogP contribution in [0.25, 0.3) is 0 Å². The molecule has 0 radical (unpaired) electrons. The molecule has 16 heavy (non-hydrogen) atoms. The normalized spacial score (nSPS) is 58.7. The van der Waals surface area contributed by atoms with Crippen LogP contribution in [0.1, 0.15) is 53.4 Å². The van der Waals surface area contributed by atoms with Crippen LogP contribution in [0.3, 0.4) is 0 Å². The van der Waals surface area contributed by atoms with Gasteiger partial charge < -0.3 is 5.11 Å². The van der Waals surface area contributed by atoms with Gasteiger partial charge in [0.2, 0.25) is 0 Å². The van der Waals surface area contributed by atoms with Crippen LogP contribution in [-0.2, 0) is 0 Å². The molecule has 1 nitrogen and oxygen atoms in total. The summed E-state index contributed by atoms with van der Waals surface area (Å²) in [4.78, 5) is 0. The van der Waals surface area contributed by atoms with Crippen molar-refractivity contribution in [2.45, 2.75) is 59.0 Å². The summed E-state index contributed by atoms with van der Waals surface area (Å²) in [5, 5.41) is 10.7. The maximum atomic E-state index is 10.7. The molecule has 3 aliphatic rings. The Hall–Kier alpha value is -0.0400. The van der Waals surface area contributed by atoms with Crippen LogP contribution in [0.2, 0.25) is 0 Å².